The molecule has 150 valence electrons. The summed E-state index contributed by atoms with van der Waals surface area (Å²) in [4.78, 5) is 12.2. The second kappa shape index (κ2) is 8.36. The van der Waals surface area contributed by atoms with Gasteiger partial charge in [0.05, 0.1) is 10.6 Å². The van der Waals surface area contributed by atoms with Gasteiger partial charge in [-0.15, -0.1) is 0 Å². The second-order valence-corrected chi connectivity index (χ2v) is 7.87. The highest BCUT2D eigenvalue weighted by Gasteiger charge is 2.27. The van der Waals surface area contributed by atoms with Crippen molar-refractivity contribution in [1.29, 1.82) is 0 Å². The van der Waals surface area contributed by atoms with Crippen molar-refractivity contribution >= 4 is 27.3 Å². The molecule has 0 atom stereocenters. The zero-order valence-corrected chi connectivity index (χ0v) is 15.7. The molecule has 0 unspecified atom stereocenters. The van der Waals surface area contributed by atoms with Crippen molar-refractivity contribution < 1.29 is 26.4 Å². The lowest BCUT2D eigenvalue weighted by Gasteiger charge is -2.24. The minimum atomic E-state index is -4.22. The third kappa shape index (κ3) is 4.94. The van der Waals surface area contributed by atoms with E-state index in [1.165, 1.54) is 12.1 Å². The summed E-state index contributed by atoms with van der Waals surface area (Å²) >= 11 is 0. The number of anilines is 2. The van der Waals surface area contributed by atoms with E-state index in [0.717, 1.165) is 40.7 Å². The molecule has 9 heteroatoms. The van der Waals surface area contributed by atoms with Crippen molar-refractivity contribution in [3.05, 3.63) is 90.2 Å². The predicted octanol–water partition coefficient (Wildman–Crippen LogP) is 3.94. The van der Waals surface area contributed by atoms with Gasteiger partial charge in [0.25, 0.3) is 10.0 Å². The summed E-state index contributed by atoms with van der Waals surface area (Å²) in [5.41, 5.74) is 0.0390. The number of nitrogens with zero attached hydrogens (tertiary/aromatic N) is 1. The Kier molecular flexibility index (Phi) is 5.88. The Bertz CT molecular complexity index is 1100. The lowest BCUT2D eigenvalue weighted by Crippen LogP contribution is -2.38. The number of para-hydroxylation sites is 1. The van der Waals surface area contributed by atoms with E-state index in [0.29, 0.717) is 6.07 Å². The van der Waals surface area contributed by atoms with Gasteiger partial charge in [0.15, 0.2) is 0 Å². The van der Waals surface area contributed by atoms with Crippen LogP contribution in [0.2, 0.25) is 0 Å². The second-order valence-electron chi connectivity index (χ2n) is 6.01. The first-order valence-electron chi connectivity index (χ1n) is 8.35. The fourth-order valence-electron chi connectivity index (χ4n) is 2.60. The summed E-state index contributed by atoms with van der Waals surface area (Å²) in [5, 5.41) is 2.27. The Morgan fingerprint density at radius 1 is 0.828 bits per heavy atom. The zero-order chi connectivity index (χ0) is 21.0. The molecule has 3 rings (SSSR count). The standard InChI is InChI=1S/C20H15F3N2O3S/c21-14-6-8-19(9-7-14)29(27,28)25(18-4-2-1-3-5-18)13-20(26)24-17-11-15(22)10-16(23)12-17/h1-12H,13H2,(H,24,26). The largest absolute Gasteiger partial charge is 0.324 e. The van der Waals surface area contributed by atoms with Gasteiger partial charge >= 0.3 is 0 Å². The molecule has 3 aromatic carbocycles. The molecule has 0 fully saturated rings. The van der Waals surface area contributed by atoms with E-state index in [4.69, 9.17) is 0 Å². The fraction of sp³-hybridized carbons (Fsp3) is 0.0500. The van der Waals surface area contributed by atoms with Gasteiger partial charge in [-0.2, -0.15) is 0 Å². The van der Waals surface area contributed by atoms with Crippen molar-refractivity contribution in [2.75, 3.05) is 16.2 Å². The van der Waals surface area contributed by atoms with Gasteiger partial charge < -0.3 is 5.32 Å². The van der Waals surface area contributed by atoms with E-state index in [9.17, 15) is 26.4 Å². The summed E-state index contributed by atoms with van der Waals surface area (Å²) in [5.74, 6) is -3.20. The molecule has 5 nitrogen and oxygen atoms in total. The first-order chi connectivity index (χ1) is 13.8. The highest BCUT2D eigenvalue weighted by molar-refractivity contribution is 7.92. The third-order valence-corrected chi connectivity index (χ3v) is 5.67. The van der Waals surface area contributed by atoms with Crippen LogP contribution in [0.4, 0.5) is 24.5 Å². The maximum atomic E-state index is 13.3. The topological polar surface area (TPSA) is 66.5 Å². The molecular formula is C20H15F3N2O3S. The summed E-state index contributed by atoms with van der Waals surface area (Å²) in [6, 6.07) is 14.4. The van der Waals surface area contributed by atoms with Crippen molar-refractivity contribution in [3.8, 4) is 0 Å². The van der Waals surface area contributed by atoms with Crippen molar-refractivity contribution in [2.45, 2.75) is 4.90 Å². The molecule has 0 aliphatic heterocycles. The Hall–Kier alpha value is -3.33. The molecule has 0 bridgehead atoms. The molecule has 0 radical (unpaired) electrons. The molecule has 0 saturated heterocycles. The first-order valence-corrected chi connectivity index (χ1v) is 9.79. The number of hydrogen-bond donors (Lipinski definition) is 1. The van der Waals surface area contributed by atoms with Crippen molar-refractivity contribution in [3.63, 3.8) is 0 Å². The molecular weight excluding hydrogens is 405 g/mol. The van der Waals surface area contributed by atoms with Crippen LogP contribution < -0.4 is 9.62 Å². The Morgan fingerprint density at radius 3 is 2.00 bits per heavy atom. The molecule has 0 aliphatic carbocycles. The maximum Gasteiger partial charge on any atom is 0.264 e. The molecule has 1 amide bonds. The number of benzene rings is 3. The minimum Gasteiger partial charge on any atom is -0.324 e. The van der Waals surface area contributed by atoms with E-state index in [1.54, 1.807) is 18.2 Å². The normalized spacial score (nSPS) is 11.1. The number of carbonyl (C=O) groups excluding carboxylic acids is 1. The summed E-state index contributed by atoms with van der Waals surface area (Å²) in [7, 11) is -4.22. The van der Waals surface area contributed by atoms with E-state index in [2.05, 4.69) is 5.32 Å². The molecule has 1 N–H and O–H groups in total. The Balaban J connectivity index is 1.92. The predicted molar refractivity (Wildman–Crippen MR) is 102 cm³/mol. The smallest absolute Gasteiger partial charge is 0.264 e. The average molecular weight is 420 g/mol. The van der Waals surface area contributed by atoms with E-state index < -0.39 is 39.9 Å². The maximum absolute atomic E-state index is 13.3. The van der Waals surface area contributed by atoms with Crippen LogP contribution in [0, 0.1) is 17.5 Å². The van der Waals surface area contributed by atoms with Crippen LogP contribution in [0.15, 0.2) is 77.7 Å². The molecule has 0 saturated carbocycles. The molecule has 0 aliphatic rings. The Morgan fingerprint density at radius 2 is 1.41 bits per heavy atom. The summed E-state index contributed by atoms with van der Waals surface area (Å²) < 4.78 is 66.7. The van der Waals surface area contributed by atoms with Crippen molar-refractivity contribution in [1.82, 2.24) is 0 Å². The molecule has 0 aromatic heterocycles. The number of rotatable bonds is 6. The lowest BCUT2D eigenvalue weighted by atomic mass is 10.3. The van der Waals surface area contributed by atoms with E-state index in [1.807, 2.05) is 0 Å². The monoisotopic (exact) mass is 420 g/mol. The highest BCUT2D eigenvalue weighted by Crippen LogP contribution is 2.24. The van der Waals surface area contributed by atoms with Gasteiger partial charge in [0, 0.05) is 11.8 Å². The number of hydrogen-bond acceptors (Lipinski definition) is 3. The van der Waals surface area contributed by atoms with Gasteiger partial charge in [-0.1, -0.05) is 18.2 Å². The van der Waals surface area contributed by atoms with Crippen molar-refractivity contribution in [2.24, 2.45) is 0 Å². The number of carbonyl (C=O) groups is 1. The number of halogens is 3. The van der Waals surface area contributed by atoms with Gasteiger partial charge in [0.2, 0.25) is 5.91 Å². The molecule has 29 heavy (non-hydrogen) atoms. The molecule has 0 heterocycles. The summed E-state index contributed by atoms with van der Waals surface area (Å²) in [6.45, 7) is -0.665. The van der Waals surface area contributed by atoms with Crippen LogP contribution in [-0.2, 0) is 14.8 Å². The van der Waals surface area contributed by atoms with Crippen LogP contribution in [0.25, 0.3) is 0 Å². The first kappa shape index (κ1) is 20.4. The fourth-order valence-corrected chi connectivity index (χ4v) is 4.02. The van der Waals surface area contributed by atoms with Gasteiger partial charge in [-0.3, -0.25) is 9.10 Å². The molecule has 0 spiro atoms. The third-order valence-electron chi connectivity index (χ3n) is 3.88. The Labute approximate surface area is 165 Å². The number of amides is 1. The van der Waals surface area contributed by atoms with Crippen LogP contribution >= 0.6 is 0 Å². The number of sulfonamides is 1. The number of nitrogens with one attached hydrogen (secondary N) is 1. The lowest BCUT2D eigenvalue weighted by molar-refractivity contribution is -0.114. The van der Waals surface area contributed by atoms with E-state index >= 15 is 0 Å². The van der Waals surface area contributed by atoms with Gasteiger partial charge in [0.1, 0.15) is 24.0 Å². The van der Waals surface area contributed by atoms with Crippen LogP contribution in [0.3, 0.4) is 0 Å². The van der Waals surface area contributed by atoms with Crippen LogP contribution in [0.1, 0.15) is 0 Å². The van der Waals surface area contributed by atoms with Gasteiger partial charge in [-0.25, -0.2) is 21.6 Å². The van der Waals surface area contributed by atoms with Crippen LogP contribution in [-0.4, -0.2) is 20.9 Å². The quantitative estimate of drug-likeness (QED) is 0.657. The zero-order valence-electron chi connectivity index (χ0n) is 14.8. The van der Waals surface area contributed by atoms with Gasteiger partial charge in [-0.05, 0) is 48.5 Å². The summed E-state index contributed by atoms with van der Waals surface area (Å²) in [6.07, 6.45) is 0. The SMILES string of the molecule is O=C(CN(c1ccccc1)S(=O)(=O)c1ccc(F)cc1)Nc1cc(F)cc(F)c1. The van der Waals surface area contributed by atoms with Crippen LogP contribution in [0.5, 0.6) is 0 Å². The van der Waals surface area contributed by atoms with E-state index in [-0.39, 0.29) is 16.3 Å². The molecule has 3 aromatic rings. The average Bonchev–Trinajstić information content (AvgIpc) is 2.66. The highest BCUT2D eigenvalue weighted by atomic mass is 32.2. The minimum absolute atomic E-state index is 0.153.